The van der Waals surface area contributed by atoms with Gasteiger partial charge in [-0.1, -0.05) is 31.8 Å². The molecule has 0 fully saturated rings. The summed E-state index contributed by atoms with van der Waals surface area (Å²) in [6.07, 6.45) is -4.36. The van der Waals surface area contributed by atoms with Gasteiger partial charge in [0, 0.05) is 11.3 Å². The van der Waals surface area contributed by atoms with Crippen molar-refractivity contribution in [3.05, 3.63) is 39.0 Å². The predicted molar refractivity (Wildman–Crippen MR) is 102 cm³/mol. The number of hydrogen-bond donors (Lipinski definition) is 0. The molecule has 25 heavy (non-hydrogen) atoms. The Kier molecular flexibility index (Phi) is 6.23. The molecule has 1 atom stereocenters. The van der Waals surface area contributed by atoms with E-state index in [1.807, 2.05) is 6.92 Å². The molecule has 0 aliphatic rings. The van der Waals surface area contributed by atoms with Crippen molar-refractivity contribution < 1.29 is 17.9 Å². The average Bonchev–Trinajstić information content (AvgIpc) is 2.78. The van der Waals surface area contributed by atoms with Crippen molar-refractivity contribution in [2.75, 3.05) is 0 Å². The van der Waals surface area contributed by atoms with Crippen LogP contribution < -0.4 is 0 Å². The molecule has 0 radical (unpaired) electrons. The first kappa shape index (κ1) is 20.7. The molecule has 1 aromatic carbocycles. The number of imidazole rings is 1. The Morgan fingerprint density at radius 3 is 2.20 bits per heavy atom. The maximum atomic E-state index is 12.7. The van der Waals surface area contributed by atoms with Crippen molar-refractivity contribution in [2.45, 2.75) is 45.2 Å². The summed E-state index contributed by atoms with van der Waals surface area (Å²) in [7, 11) is -1.46. The van der Waals surface area contributed by atoms with E-state index >= 15 is 0 Å². The number of hydrogen-bond acceptors (Lipinski definition) is 2. The Balaban J connectivity index is 2.31. The van der Waals surface area contributed by atoms with Gasteiger partial charge in [-0.3, -0.25) is 4.57 Å². The molecule has 0 amide bonds. The lowest BCUT2D eigenvalue weighted by atomic mass is 10.1. The number of alkyl halides is 3. The molecule has 0 N–H and O–H groups in total. The van der Waals surface area contributed by atoms with Crippen LogP contribution >= 0.6 is 31.9 Å². The standard InChI is InChI=1S/C16H19Br2F3N2OSi/c1-10(25(2,3)4)24-9-23-14(18)13(17)22-15(23)11-5-7-12(8-6-11)16(19,20)21/h5-8,10H,9H2,1-4H3. The molecule has 0 saturated heterocycles. The number of halogens is 5. The number of aromatic nitrogens is 2. The highest BCUT2D eigenvalue weighted by molar-refractivity contribution is 9.13. The van der Waals surface area contributed by atoms with Crippen LogP contribution in [0.1, 0.15) is 12.5 Å². The monoisotopic (exact) mass is 498 g/mol. The summed E-state index contributed by atoms with van der Waals surface area (Å²) in [5, 5.41) is 0. The van der Waals surface area contributed by atoms with Crippen LogP contribution in [-0.2, 0) is 17.6 Å². The molecule has 3 nitrogen and oxygen atoms in total. The third-order valence-corrected chi connectivity index (χ3v) is 8.51. The first-order valence-electron chi connectivity index (χ1n) is 7.62. The molecule has 0 aliphatic carbocycles. The minimum atomic E-state index is -4.36. The van der Waals surface area contributed by atoms with Gasteiger partial charge in [-0.05, 0) is 50.9 Å². The van der Waals surface area contributed by atoms with Gasteiger partial charge in [-0.2, -0.15) is 13.2 Å². The smallest absolute Gasteiger partial charge is 0.361 e. The van der Waals surface area contributed by atoms with Crippen LogP contribution in [0.25, 0.3) is 11.4 Å². The summed E-state index contributed by atoms with van der Waals surface area (Å²) < 4.78 is 47.3. The maximum Gasteiger partial charge on any atom is 0.416 e. The zero-order valence-corrected chi connectivity index (χ0v) is 18.5. The van der Waals surface area contributed by atoms with E-state index in [2.05, 4.69) is 56.5 Å². The minimum absolute atomic E-state index is 0.126. The van der Waals surface area contributed by atoms with Crippen molar-refractivity contribution in [3.8, 4) is 11.4 Å². The molecule has 1 unspecified atom stereocenters. The van der Waals surface area contributed by atoms with Crippen molar-refractivity contribution in [1.82, 2.24) is 9.55 Å². The van der Waals surface area contributed by atoms with Crippen molar-refractivity contribution in [2.24, 2.45) is 0 Å². The van der Waals surface area contributed by atoms with E-state index in [4.69, 9.17) is 4.74 Å². The third kappa shape index (κ3) is 4.96. The van der Waals surface area contributed by atoms with E-state index in [1.165, 1.54) is 12.1 Å². The van der Waals surface area contributed by atoms with Crippen LogP contribution in [0.2, 0.25) is 19.6 Å². The first-order valence-corrected chi connectivity index (χ1v) is 12.8. The van der Waals surface area contributed by atoms with Crippen LogP contribution in [-0.4, -0.2) is 23.4 Å². The molecule has 1 aromatic heterocycles. The summed E-state index contributed by atoms with van der Waals surface area (Å²) >= 11 is 6.80. The van der Waals surface area contributed by atoms with Crippen LogP contribution in [0.5, 0.6) is 0 Å². The highest BCUT2D eigenvalue weighted by Crippen LogP contribution is 2.33. The maximum absolute atomic E-state index is 12.7. The highest BCUT2D eigenvalue weighted by Gasteiger charge is 2.30. The lowest BCUT2D eigenvalue weighted by Gasteiger charge is -2.26. The Labute approximate surface area is 162 Å². The first-order chi connectivity index (χ1) is 11.4. The van der Waals surface area contributed by atoms with E-state index in [1.54, 1.807) is 4.57 Å². The fraction of sp³-hybridized carbons (Fsp3) is 0.438. The molecule has 138 valence electrons. The Morgan fingerprint density at radius 1 is 1.16 bits per heavy atom. The second-order valence-corrected chi connectivity index (χ2v) is 13.9. The molecule has 1 heterocycles. The Bertz CT molecular complexity index is 740. The third-order valence-electron chi connectivity index (χ3n) is 4.01. The van der Waals surface area contributed by atoms with Crippen molar-refractivity contribution in [1.29, 1.82) is 0 Å². The summed E-state index contributed by atoms with van der Waals surface area (Å²) in [4.78, 5) is 4.40. The van der Waals surface area contributed by atoms with E-state index in [0.29, 0.717) is 20.6 Å². The number of rotatable bonds is 5. The molecular weight excluding hydrogens is 481 g/mol. The van der Waals surface area contributed by atoms with Gasteiger partial charge < -0.3 is 4.74 Å². The molecule has 9 heteroatoms. The van der Waals surface area contributed by atoms with Gasteiger partial charge in [0.25, 0.3) is 0 Å². The molecule has 0 aliphatic heterocycles. The highest BCUT2D eigenvalue weighted by atomic mass is 79.9. The second-order valence-electron chi connectivity index (χ2n) is 6.82. The summed E-state index contributed by atoms with van der Waals surface area (Å²) in [5.41, 5.74) is 0.0285. The van der Waals surface area contributed by atoms with E-state index in [9.17, 15) is 13.2 Å². The minimum Gasteiger partial charge on any atom is -0.361 e. The van der Waals surface area contributed by atoms with Crippen LogP contribution in [0.4, 0.5) is 13.2 Å². The Hall–Kier alpha value is -0.643. The summed E-state index contributed by atoms with van der Waals surface area (Å²) in [6.45, 7) is 8.96. The molecule has 0 spiro atoms. The summed E-state index contributed by atoms with van der Waals surface area (Å²) in [6, 6.07) is 4.95. The van der Waals surface area contributed by atoms with E-state index in [0.717, 1.165) is 12.1 Å². The lowest BCUT2D eigenvalue weighted by molar-refractivity contribution is -0.137. The van der Waals surface area contributed by atoms with Crippen LogP contribution in [0.15, 0.2) is 33.5 Å². The van der Waals surface area contributed by atoms with Crippen LogP contribution in [0.3, 0.4) is 0 Å². The van der Waals surface area contributed by atoms with E-state index in [-0.39, 0.29) is 12.5 Å². The van der Waals surface area contributed by atoms with Crippen molar-refractivity contribution in [3.63, 3.8) is 0 Å². The zero-order valence-electron chi connectivity index (χ0n) is 14.3. The van der Waals surface area contributed by atoms with Gasteiger partial charge in [0.15, 0.2) is 0 Å². The molecule has 2 rings (SSSR count). The number of benzene rings is 1. The normalized spacial score (nSPS) is 14.0. The Morgan fingerprint density at radius 2 is 1.72 bits per heavy atom. The number of nitrogens with zero attached hydrogens (tertiary/aromatic N) is 2. The van der Waals surface area contributed by atoms with Crippen LogP contribution in [0, 0.1) is 0 Å². The lowest BCUT2D eigenvalue weighted by Crippen LogP contribution is -2.38. The quantitative estimate of drug-likeness (QED) is 0.449. The summed E-state index contributed by atoms with van der Waals surface area (Å²) in [5.74, 6) is 0.537. The molecule has 2 aromatic rings. The van der Waals surface area contributed by atoms with Gasteiger partial charge >= 0.3 is 6.18 Å². The van der Waals surface area contributed by atoms with E-state index < -0.39 is 19.8 Å². The SMILES string of the molecule is CC(OCn1c(-c2ccc(C(F)(F)F)cc2)nc(Br)c1Br)[Si](C)(C)C. The molecular formula is C16H19Br2F3N2OSi. The topological polar surface area (TPSA) is 27.1 Å². The average molecular weight is 500 g/mol. The van der Waals surface area contributed by atoms with Gasteiger partial charge in [0.2, 0.25) is 0 Å². The second kappa shape index (κ2) is 7.54. The fourth-order valence-corrected chi connectivity index (χ4v) is 3.30. The van der Waals surface area contributed by atoms with Gasteiger partial charge in [0.1, 0.15) is 21.8 Å². The van der Waals surface area contributed by atoms with Gasteiger partial charge in [0.05, 0.1) is 13.6 Å². The van der Waals surface area contributed by atoms with Gasteiger partial charge in [-0.25, -0.2) is 4.98 Å². The van der Waals surface area contributed by atoms with Gasteiger partial charge in [-0.15, -0.1) is 0 Å². The molecule has 0 saturated carbocycles. The predicted octanol–water partition coefficient (Wildman–Crippen LogP) is 6.33. The molecule has 0 bridgehead atoms. The zero-order chi connectivity index (χ0) is 19.0. The number of ether oxygens (including phenoxy) is 1. The largest absolute Gasteiger partial charge is 0.416 e. The fourth-order valence-electron chi connectivity index (χ4n) is 1.99. The van der Waals surface area contributed by atoms with Crippen molar-refractivity contribution >= 4 is 39.9 Å².